The highest BCUT2D eigenvalue weighted by atomic mass is 16.5. The Morgan fingerprint density at radius 1 is 1.13 bits per heavy atom. The molecule has 0 aliphatic carbocycles. The number of ether oxygens (including phenoxy) is 1. The Bertz CT molecular complexity index is 1230. The largest absolute Gasteiger partial charge is 0.494 e. The van der Waals surface area contributed by atoms with Gasteiger partial charge in [-0.2, -0.15) is 0 Å². The summed E-state index contributed by atoms with van der Waals surface area (Å²) in [4.78, 5) is 37.6. The van der Waals surface area contributed by atoms with E-state index >= 15 is 0 Å². The molecular weight excluding hydrogens is 386 g/mol. The summed E-state index contributed by atoms with van der Waals surface area (Å²) < 4.78 is 13.7. The molecule has 0 aliphatic rings. The molecule has 3 aromatic rings. The zero-order chi connectivity index (χ0) is 22.2. The van der Waals surface area contributed by atoms with Gasteiger partial charge < -0.3 is 14.5 Å². The Morgan fingerprint density at radius 3 is 2.33 bits per heavy atom. The third-order valence-corrected chi connectivity index (χ3v) is 5.24. The Hall–Kier alpha value is -3.29. The fraction of sp³-hybridized carbons (Fsp3) is 0.409. The first-order valence-electron chi connectivity index (χ1n) is 9.82. The van der Waals surface area contributed by atoms with Crippen molar-refractivity contribution >= 4 is 22.6 Å². The van der Waals surface area contributed by atoms with E-state index in [1.165, 1.54) is 16.2 Å². The number of rotatable bonds is 6. The number of nitrogens with one attached hydrogen (secondary N) is 1. The van der Waals surface area contributed by atoms with Gasteiger partial charge in [0.2, 0.25) is 0 Å². The van der Waals surface area contributed by atoms with Crippen LogP contribution in [0.4, 0.5) is 5.69 Å². The van der Waals surface area contributed by atoms with E-state index in [2.05, 4.69) is 19.2 Å². The number of carbonyl (C=O) groups excluding carboxylic acids is 1. The van der Waals surface area contributed by atoms with Gasteiger partial charge in [-0.15, -0.1) is 0 Å². The van der Waals surface area contributed by atoms with Crippen LogP contribution >= 0.6 is 0 Å². The minimum Gasteiger partial charge on any atom is -0.494 e. The second-order valence-electron chi connectivity index (χ2n) is 7.89. The van der Waals surface area contributed by atoms with Crippen LogP contribution in [-0.4, -0.2) is 22.2 Å². The standard InChI is InChI=1S/C22H27N3O5/c1-12(2)7-8-14-9-13(3)19(21(27)30-14)20(26)23-15-10-16-17(11-18(15)29-6)25(5)22(28)24(16)4/h9-12H,7-8H2,1-6H3,(H,23,26). The number of aromatic nitrogens is 2. The number of aryl methyl sites for hydroxylation is 4. The number of fused-ring (bicyclic) bond motifs is 1. The van der Waals surface area contributed by atoms with Gasteiger partial charge in [-0.05, 0) is 37.0 Å². The zero-order valence-electron chi connectivity index (χ0n) is 18.2. The predicted octanol–water partition coefficient (Wildman–Crippen LogP) is 2.99. The minimum absolute atomic E-state index is 0.0487. The SMILES string of the molecule is COc1cc2c(cc1NC(=O)c1c(C)cc(CCC(C)C)oc1=O)n(C)c(=O)n2C. The lowest BCUT2D eigenvalue weighted by molar-refractivity contribution is 0.102. The number of hydrogen-bond acceptors (Lipinski definition) is 5. The Morgan fingerprint density at radius 2 is 1.77 bits per heavy atom. The molecule has 0 fully saturated rings. The fourth-order valence-electron chi connectivity index (χ4n) is 3.48. The van der Waals surface area contributed by atoms with Crippen molar-refractivity contribution in [3.8, 4) is 5.75 Å². The van der Waals surface area contributed by atoms with Gasteiger partial charge in [0.15, 0.2) is 0 Å². The minimum atomic E-state index is -0.668. The number of anilines is 1. The van der Waals surface area contributed by atoms with Crippen molar-refractivity contribution in [1.82, 2.24) is 9.13 Å². The van der Waals surface area contributed by atoms with Crippen LogP contribution in [0.5, 0.6) is 5.75 Å². The topological polar surface area (TPSA) is 95.5 Å². The van der Waals surface area contributed by atoms with Crippen LogP contribution in [0, 0.1) is 12.8 Å². The van der Waals surface area contributed by atoms with Gasteiger partial charge >= 0.3 is 11.3 Å². The molecule has 8 heteroatoms. The van der Waals surface area contributed by atoms with E-state index in [-0.39, 0.29) is 11.3 Å². The zero-order valence-corrected chi connectivity index (χ0v) is 18.2. The maximum Gasteiger partial charge on any atom is 0.349 e. The summed E-state index contributed by atoms with van der Waals surface area (Å²) in [5, 5.41) is 2.73. The quantitative estimate of drug-likeness (QED) is 0.670. The highest BCUT2D eigenvalue weighted by Gasteiger charge is 2.20. The van der Waals surface area contributed by atoms with Crippen molar-refractivity contribution in [2.75, 3.05) is 12.4 Å². The second kappa shape index (κ2) is 8.22. The molecule has 0 radical (unpaired) electrons. The third kappa shape index (κ3) is 3.90. The number of nitrogens with zero attached hydrogens (tertiary/aromatic N) is 2. The van der Waals surface area contributed by atoms with Crippen molar-refractivity contribution in [2.45, 2.75) is 33.6 Å². The molecule has 30 heavy (non-hydrogen) atoms. The molecule has 0 saturated heterocycles. The Balaban J connectivity index is 1.98. The molecule has 1 N–H and O–H groups in total. The molecule has 1 amide bonds. The van der Waals surface area contributed by atoms with Crippen LogP contribution in [0.15, 0.2) is 32.2 Å². The number of methoxy groups -OCH3 is 1. The maximum absolute atomic E-state index is 12.9. The smallest absolute Gasteiger partial charge is 0.349 e. The molecule has 2 aromatic heterocycles. The Kier molecular flexibility index (Phi) is 5.87. The monoisotopic (exact) mass is 413 g/mol. The van der Waals surface area contributed by atoms with E-state index in [0.717, 1.165) is 6.42 Å². The van der Waals surface area contributed by atoms with Crippen molar-refractivity contribution in [3.05, 3.63) is 56.0 Å². The van der Waals surface area contributed by atoms with Crippen molar-refractivity contribution in [1.29, 1.82) is 0 Å². The summed E-state index contributed by atoms with van der Waals surface area (Å²) in [7, 11) is 4.79. The number of carbonyl (C=O) groups is 1. The first-order valence-corrected chi connectivity index (χ1v) is 9.82. The number of benzene rings is 1. The number of amides is 1. The van der Waals surface area contributed by atoms with E-state index in [0.29, 0.717) is 46.1 Å². The van der Waals surface area contributed by atoms with Gasteiger partial charge in [0.05, 0.1) is 23.8 Å². The molecule has 0 spiro atoms. The molecule has 160 valence electrons. The summed E-state index contributed by atoms with van der Waals surface area (Å²) in [6.07, 6.45) is 1.53. The first-order chi connectivity index (χ1) is 14.1. The predicted molar refractivity (Wildman–Crippen MR) is 116 cm³/mol. The van der Waals surface area contributed by atoms with Crippen LogP contribution in [0.2, 0.25) is 0 Å². The maximum atomic E-state index is 12.9. The van der Waals surface area contributed by atoms with Gasteiger partial charge in [-0.3, -0.25) is 13.9 Å². The van der Waals surface area contributed by atoms with E-state index in [9.17, 15) is 14.4 Å². The average molecular weight is 413 g/mol. The van der Waals surface area contributed by atoms with Gasteiger partial charge in [0.1, 0.15) is 17.1 Å². The third-order valence-electron chi connectivity index (χ3n) is 5.24. The van der Waals surface area contributed by atoms with Crippen molar-refractivity contribution in [2.24, 2.45) is 20.0 Å². The lowest BCUT2D eigenvalue weighted by Crippen LogP contribution is -2.23. The van der Waals surface area contributed by atoms with E-state index in [1.807, 2.05) is 0 Å². The fourth-order valence-corrected chi connectivity index (χ4v) is 3.48. The molecule has 1 aromatic carbocycles. The van der Waals surface area contributed by atoms with Crippen LogP contribution < -0.4 is 21.4 Å². The summed E-state index contributed by atoms with van der Waals surface area (Å²) >= 11 is 0. The van der Waals surface area contributed by atoms with E-state index < -0.39 is 11.5 Å². The van der Waals surface area contributed by atoms with Gasteiger partial charge in [-0.25, -0.2) is 9.59 Å². The average Bonchev–Trinajstić information content (AvgIpc) is 2.89. The molecule has 0 aliphatic heterocycles. The highest BCUT2D eigenvalue weighted by molar-refractivity contribution is 6.06. The molecule has 0 unspecified atom stereocenters. The van der Waals surface area contributed by atoms with Gasteiger partial charge in [-0.1, -0.05) is 13.8 Å². The van der Waals surface area contributed by atoms with Gasteiger partial charge in [0, 0.05) is 26.6 Å². The van der Waals surface area contributed by atoms with E-state index in [4.69, 9.17) is 9.15 Å². The van der Waals surface area contributed by atoms with Crippen LogP contribution in [0.3, 0.4) is 0 Å². The molecule has 0 atom stereocenters. The second-order valence-corrected chi connectivity index (χ2v) is 7.89. The lowest BCUT2D eigenvalue weighted by atomic mass is 10.0. The summed E-state index contributed by atoms with van der Waals surface area (Å²) in [5.74, 6) is 0.846. The van der Waals surface area contributed by atoms with Gasteiger partial charge in [0.25, 0.3) is 5.91 Å². The molecule has 3 rings (SSSR count). The highest BCUT2D eigenvalue weighted by Crippen LogP contribution is 2.30. The number of imidazole rings is 1. The van der Waals surface area contributed by atoms with Crippen molar-refractivity contribution < 1.29 is 13.9 Å². The normalized spacial score (nSPS) is 11.3. The molecule has 0 saturated carbocycles. The van der Waals surface area contributed by atoms with Crippen molar-refractivity contribution in [3.63, 3.8) is 0 Å². The van der Waals surface area contributed by atoms with Crippen LogP contribution in [0.1, 0.15) is 41.9 Å². The van der Waals surface area contributed by atoms with Crippen LogP contribution in [-0.2, 0) is 20.5 Å². The summed E-state index contributed by atoms with van der Waals surface area (Å²) in [6.45, 7) is 5.91. The molecule has 8 nitrogen and oxygen atoms in total. The summed E-state index contributed by atoms with van der Waals surface area (Å²) in [5.41, 5.74) is 1.30. The molecule has 2 heterocycles. The first kappa shape index (κ1) is 21.4. The summed E-state index contributed by atoms with van der Waals surface area (Å²) in [6, 6.07) is 5.07. The Labute approximate surface area is 174 Å². The lowest BCUT2D eigenvalue weighted by Gasteiger charge is -2.12. The van der Waals surface area contributed by atoms with Crippen LogP contribution in [0.25, 0.3) is 11.0 Å². The molecule has 0 bridgehead atoms. The molecular formula is C22H27N3O5. The van der Waals surface area contributed by atoms with E-state index in [1.54, 1.807) is 39.2 Å². The number of hydrogen-bond donors (Lipinski definition) is 1.